The summed E-state index contributed by atoms with van der Waals surface area (Å²) in [5, 5.41) is 0. The molecule has 0 heterocycles. The van der Waals surface area contributed by atoms with Gasteiger partial charge in [0.05, 0.1) is 0 Å². The Hall–Kier alpha value is 0.795. The van der Waals surface area contributed by atoms with E-state index in [1.165, 1.54) is 19.2 Å². The van der Waals surface area contributed by atoms with Crippen LogP contribution in [0.3, 0.4) is 0 Å². The van der Waals surface area contributed by atoms with Crippen molar-refractivity contribution >= 4 is 16.2 Å². The van der Waals surface area contributed by atoms with Crippen molar-refractivity contribution in [3.05, 3.63) is 0 Å². The van der Waals surface area contributed by atoms with E-state index < -0.39 is 0 Å². The molecule has 0 amide bonds. The van der Waals surface area contributed by atoms with Gasteiger partial charge in [-0.25, -0.2) is 0 Å². The Morgan fingerprint density at radius 2 is 1.25 bits per heavy atom. The van der Waals surface area contributed by atoms with Crippen molar-refractivity contribution in [2.24, 2.45) is 0 Å². The van der Waals surface area contributed by atoms with Gasteiger partial charge in [-0.3, -0.25) is 0 Å². The Morgan fingerprint density at radius 1 is 1.25 bits per heavy atom. The summed E-state index contributed by atoms with van der Waals surface area (Å²) >= 11 is 2.11. The quantitative estimate of drug-likeness (QED) is 0.438. The first-order chi connectivity index (χ1) is 2.00. The van der Waals surface area contributed by atoms with Crippen molar-refractivity contribution in [1.82, 2.24) is 0 Å². The zero-order chi connectivity index (χ0) is 4.00. The van der Waals surface area contributed by atoms with Crippen LogP contribution in [0.5, 0.6) is 0 Å². The molecule has 0 bridgehead atoms. The third kappa shape index (κ3) is 14.3. The maximum atomic E-state index is 8.28. The summed E-state index contributed by atoms with van der Waals surface area (Å²) in [7, 11) is 0. The molecule has 4 heteroatoms. The normalized spacial score (nSPS) is 2.25. The second kappa shape index (κ2) is 46.9. The number of hydrogen-bond acceptors (Lipinski definition) is 2. The Labute approximate surface area is 42.9 Å². The van der Waals surface area contributed by atoms with Crippen LogP contribution in [0.1, 0.15) is 0 Å². The van der Waals surface area contributed by atoms with Crippen LogP contribution in [0, 0.1) is 0 Å². The topological polar surface area (TPSA) is 34.1 Å². The second-order valence-electron chi connectivity index (χ2n) is 0. The molecule has 0 saturated heterocycles. The van der Waals surface area contributed by atoms with Crippen molar-refractivity contribution in [2.75, 3.05) is 0 Å². The molecule has 0 aromatic heterocycles. The standard InChI is InChI=1S/Al.2O.Pd.H. The molecule has 0 spiro atoms. The van der Waals surface area contributed by atoms with Crippen LogP contribution in [0.2, 0.25) is 0 Å². The van der Waals surface area contributed by atoms with Crippen molar-refractivity contribution in [1.29, 1.82) is 0 Å². The van der Waals surface area contributed by atoms with Gasteiger partial charge in [-0.1, -0.05) is 0 Å². The molecule has 0 aliphatic heterocycles. The van der Waals surface area contributed by atoms with E-state index in [1.807, 2.05) is 0 Å². The Balaban J connectivity index is 0. The van der Waals surface area contributed by atoms with E-state index >= 15 is 0 Å². The minimum absolute atomic E-state index is 0.611. The second-order valence-corrected chi connectivity index (χ2v) is 0. The van der Waals surface area contributed by atoms with Gasteiger partial charge < -0.3 is 0 Å². The molecule has 0 aromatic rings. The molecule has 0 unspecified atom stereocenters. The third-order valence-electron chi connectivity index (χ3n) is 0. The average molecular weight is 166 g/mol. The van der Waals surface area contributed by atoms with Crippen LogP contribution >= 0.6 is 0 Å². The predicted octanol–water partition coefficient (Wildman–Crippen LogP) is -0.889. The molecule has 0 saturated carbocycles. The molecule has 0 fully saturated rings. The first-order valence-electron chi connectivity index (χ1n) is 0.418. The summed E-state index contributed by atoms with van der Waals surface area (Å²) in [4.78, 5) is 0. The van der Waals surface area contributed by atoms with Crippen LogP contribution in [-0.2, 0) is 26.4 Å². The van der Waals surface area contributed by atoms with Gasteiger partial charge in [0.2, 0.25) is 0 Å². The van der Waals surface area contributed by atoms with Crippen LogP contribution in [0.15, 0.2) is 0 Å². The van der Waals surface area contributed by atoms with Crippen LogP contribution in [-0.4, -0.2) is 16.2 Å². The van der Waals surface area contributed by atoms with Crippen molar-refractivity contribution in [2.45, 2.75) is 0 Å². The third-order valence-corrected chi connectivity index (χ3v) is 0. The van der Waals surface area contributed by atoms with Crippen LogP contribution < -0.4 is 0 Å². The van der Waals surface area contributed by atoms with E-state index in [0.717, 1.165) is 0 Å². The fourth-order valence-electron chi connectivity index (χ4n) is 0. The molecule has 0 aliphatic rings. The molecule has 0 rings (SSSR count). The molecule has 0 aliphatic carbocycles. The average Bonchev–Trinajstić information content (AvgIpc) is 1.50. The van der Waals surface area contributed by atoms with Crippen LogP contribution in [0.25, 0.3) is 0 Å². The molecule has 26 valence electrons. The maximum absolute atomic E-state index is 8.28. The number of hydrogen-bond donors (Lipinski definition) is 0. The number of rotatable bonds is 0. The molecule has 4 heavy (non-hydrogen) atoms. The van der Waals surface area contributed by atoms with Crippen molar-refractivity contribution in [3.63, 3.8) is 0 Å². The minimum atomic E-state index is 0.611. The first-order valence-corrected chi connectivity index (χ1v) is 1.63. The summed E-state index contributed by atoms with van der Waals surface area (Å²) in [6, 6.07) is 0. The summed E-state index contributed by atoms with van der Waals surface area (Å²) in [5.41, 5.74) is 0. The summed E-state index contributed by atoms with van der Waals surface area (Å²) in [5.74, 6) is 0. The van der Waals surface area contributed by atoms with E-state index in [4.69, 9.17) is 7.27 Å². The van der Waals surface area contributed by atoms with Gasteiger partial charge in [0, 0.05) is 0 Å². The Kier molecular flexibility index (Phi) is 104. The molecule has 0 radical (unpaired) electrons. The monoisotopic (exact) mass is 166 g/mol. The van der Waals surface area contributed by atoms with Gasteiger partial charge in [-0.15, -0.1) is 0 Å². The van der Waals surface area contributed by atoms with Gasteiger partial charge in [-0.2, -0.15) is 0 Å². The summed E-state index contributed by atoms with van der Waals surface area (Å²) < 4.78 is 16.4. The van der Waals surface area contributed by atoms with Gasteiger partial charge in [-0.05, 0) is 0 Å². The zero-order valence-electron chi connectivity index (χ0n) is 1.84. The van der Waals surface area contributed by atoms with E-state index in [2.05, 4.69) is 0 Å². The summed E-state index contributed by atoms with van der Waals surface area (Å²) in [6.07, 6.45) is 0. The molecular formula is HAlO2Pd. The molecule has 2 nitrogen and oxygen atoms in total. The molecule has 0 aromatic carbocycles. The SMILES string of the molecule is [O]=[AlH].[O]=[Pd]. The zero-order valence-corrected chi connectivity index (χ0v) is 4.81. The Morgan fingerprint density at radius 3 is 1.25 bits per heavy atom. The van der Waals surface area contributed by atoms with Gasteiger partial charge in [0.15, 0.2) is 0 Å². The van der Waals surface area contributed by atoms with E-state index in [9.17, 15) is 0 Å². The first kappa shape index (κ1) is 8.84. The fraction of sp³-hybridized carbons (Fsp3) is 0. The van der Waals surface area contributed by atoms with Crippen molar-refractivity contribution < 1.29 is 26.4 Å². The van der Waals surface area contributed by atoms with E-state index in [1.54, 1.807) is 0 Å². The van der Waals surface area contributed by atoms with Crippen LogP contribution in [0.4, 0.5) is 0 Å². The van der Waals surface area contributed by atoms with Crippen molar-refractivity contribution in [3.8, 4) is 0 Å². The fourth-order valence-corrected chi connectivity index (χ4v) is 0. The predicted molar refractivity (Wildman–Crippen MR) is 8.52 cm³/mol. The van der Waals surface area contributed by atoms with Gasteiger partial charge in [0.25, 0.3) is 0 Å². The van der Waals surface area contributed by atoms with Gasteiger partial charge >= 0.3 is 42.7 Å². The van der Waals surface area contributed by atoms with Gasteiger partial charge in [0.1, 0.15) is 0 Å². The summed E-state index contributed by atoms with van der Waals surface area (Å²) in [6.45, 7) is 0. The van der Waals surface area contributed by atoms with E-state index in [0.29, 0.717) is 16.2 Å². The van der Waals surface area contributed by atoms with E-state index in [-0.39, 0.29) is 0 Å². The molecule has 0 N–H and O–H groups in total. The Bertz CT molecular complexity index is 8.00. The molecule has 0 atom stereocenters. The molecular weight excluding hydrogens is 165 g/mol.